The third-order valence-electron chi connectivity index (χ3n) is 3.75. The number of nitrogens with two attached hydrogens (primary N) is 1. The van der Waals surface area contributed by atoms with Crippen LogP contribution < -0.4 is 5.73 Å². The van der Waals surface area contributed by atoms with Crippen LogP contribution in [0.1, 0.15) is 38.5 Å². The first-order chi connectivity index (χ1) is 8.39. The maximum absolute atomic E-state index is 12.7. The van der Waals surface area contributed by atoms with Gasteiger partial charge in [0.05, 0.1) is 5.92 Å². The van der Waals surface area contributed by atoms with E-state index in [0.29, 0.717) is 12.8 Å². The maximum Gasteiger partial charge on any atom is 0.404 e. The number of rotatable bonds is 4. The summed E-state index contributed by atoms with van der Waals surface area (Å²) in [6.45, 7) is 0. The van der Waals surface area contributed by atoms with E-state index >= 15 is 0 Å². The number of hydrogen-bond donors (Lipinski definition) is 1. The minimum Gasteiger partial charge on any atom is -0.462 e. The van der Waals surface area contributed by atoms with Gasteiger partial charge in [-0.2, -0.15) is 13.2 Å². The van der Waals surface area contributed by atoms with E-state index < -0.39 is 24.1 Å². The summed E-state index contributed by atoms with van der Waals surface area (Å²) in [6.07, 6.45) is -0.223. The first-order valence-corrected chi connectivity index (χ1v) is 6.42. The Bertz CT molecular complexity index is 309. The molecule has 0 bridgehead atoms. The van der Waals surface area contributed by atoms with Crippen molar-refractivity contribution in [3.05, 3.63) is 0 Å². The molecule has 104 valence electrons. The second-order valence-corrected chi connectivity index (χ2v) is 5.27. The molecule has 0 aliphatic heterocycles. The lowest BCUT2D eigenvalue weighted by Crippen LogP contribution is -2.50. The monoisotopic (exact) mass is 265 g/mol. The minimum absolute atomic E-state index is 0.179. The summed E-state index contributed by atoms with van der Waals surface area (Å²) in [4.78, 5) is 11.9. The van der Waals surface area contributed by atoms with Gasteiger partial charge in [0.15, 0.2) is 0 Å². The first-order valence-electron chi connectivity index (χ1n) is 6.42. The van der Waals surface area contributed by atoms with E-state index in [-0.39, 0.29) is 12.0 Å². The third kappa shape index (κ3) is 3.16. The van der Waals surface area contributed by atoms with Gasteiger partial charge in [0, 0.05) is 0 Å². The zero-order chi connectivity index (χ0) is 13.3. The summed E-state index contributed by atoms with van der Waals surface area (Å²) in [6, 6.07) is -2.10. The Morgan fingerprint density at radius 1 is 1.17 bits per heavy atom. The van der Waals surface area contributed by atoms with E-state index in [1.807, 2.05) is 0 Å². The van der Waals surface area contributed by atoms with Crippen molar-refractivity contribution >= 4 is 5.97 Å². The molecule has 0 aromatic heterocycles. The van der Waals surface area contributed by atoms with E-state index in [1.54, 1.807) is 0 Å². The van der Waals surface area contributed by atoms with Gasteiger partial charge in [-0.05, 0) is 31.6 Å². The van der Waals surface area contributed by atoms with E-state index in [4.69, 9.17) is 10.5 Å². The molecule has 18 heavy (non-hydrogen) atoms. The van der Waals surface area contributed by atoms with Crippen LogP contribution in [0.25, 0.3) is 0 Å². The molecule has 2 aliphatic carbocycles. The standard InChI is InChI=1S/C12H18F3NO2/c13-12(14,15)10(16)9(7-3-1-2-4-7)11(17)18-8-5-6-8/h7-10H,1-6,16H2/t9-,10-/m0/s1. The molecule has 2 saturated carbocycles. The van der Waals surface area contributed by atoms with Gasteiger partial charge in [-0.1, -0.05) is 12.8 Å². The highest BCUT2D eigenvalue weighted by atomic mass is 19.4. The predicted octanol–water partition coefficient (Wildman–Crippen LogP) is 2.39. The van der Waals surface area contributed by atoms with Crippen LogP contribution in [0.4, 0.5) is 13.2 Å². The number of ether oxygens (including phenoxy) is 1. The van der Waals surface area contributed by atoms with E-state index in [1.165, 1.54) is 0 Å². The van der Waals surface area contributed by atoms with Gasteiger partial charge in [0.1, 0.15) is 12.1 Å². The van der Waals surface area contributed by atoms with Crippen LogP contribution in [0.15, 0.2) is 0 Å². The molecule has 0 amide bonds. The average Bonchev–Trinajstić information content (AvgIpc) is 2.91. The topological polar surface area (TPSA) is 52.3 Å². The molecule has 6 heteroatoms. The quantitative estimate of drug-likeness (QED) is 0.794. The lowest BCUT2D eigenvalue weighted by atomic mass is 9.84. The molecule has 0 unspecified atom stereocenters. The summed E-state index contributed by atoms with van der Waals surface area (Å²) in [7, 11) is 0. The van der Waals surface area contributed by atoms with Gasteiger partial charge >= 0.3 is 12.1 Å². The summed E-state index contributed by atoms with van der Waals surface area (Å²) in [5.41, 5.74) is 5.25. The normalized spacial score (nSPS) is 24.9. The second-order valence-electron chi connectivity index (χ2n) is 5.27. The highest BCUT2D eigenvalue weighted by Crippen LogP contribution is 2.38. The second kappa shape index (κ2) is 5.07. The van der Waals surface area contributed by atoms with Crippen LogP contribution in [-0.4, -0.2) is 24.3 Å². The van der Waals surface area contributed by atoms with Crippen LogP contribution in [0.5, 0.6) is 0 Å². The van der Waals surface area contributed by atoms with Crippen molar-refractivity contribution in [1.82, 2.24) is 0 Å². The van der Waals surface area contributed by atoms with Crippen LogP contribution in [-0.2, 0) is 9.53 Å². The molecule has 2 N–H and O–H groups in total. The molecule has 0 saturated heterocycles. The summed E-state index contributed by atoms with van der Waals surface area (Å²) in [5.74, 6) is -2.27. The Balaban J connectivity index is 2.07. The van der Waals surface area contributed by atoms with Crippen LogP contribution in [0.3, 0.4) is 0 Å². The van der Waals surface area contributed by atoms with Crippen molar-refractivity contribution in [3.63, 3.8) is 0 Å². The SMILES string of the molecule is N[C@@H]([C@@H](C(=O)OC1CC1)C1CCCC1)C(F)(F)F. The Labute approximate surface area is 104 Å². The number of esters is 1. The van der Waals surface area contributed by atoms with E-state index in [9.17, 15) is 18.0 Å². The zero-order valence-electron chi connectivity index (χ0n) is 10.1. The van der Waals surface area contributed by atoms with Gasteiger partial charge in [-0.3, -0.25) is 4.79 Å². The minimum atomic E-state index is -4.55. The highest BCUT2D eigenvalue weighted by Gasteiger charge is 2.49. The summed E-state index contributed by atoms with van der Waals surface area (Å²) < 4.78 is 43.2. The largest absolute Gasteiger partial charge is 0.462 e. The van der Waals surface area contributed by atoms with Gasteiger partial charge < -0.3 is 10.5 Å². The number of halogens is 3. The summed E-state index contributed by atoms with van der Waals surface area (Å²) in [5, 5.41) is 0. The van der Waals surface area contributed by atoms with E-state index in [2.05, 4.69) is 0 Å². The molecule has 0 aromatic carbocycles. The fourth-order valence-corrected chi connectivity index (χ4v) is 2.58. The highest BCUT2D eigenvalue weighted by molar-refractivity contribution is 5.74. The molecule has 2 fully saturated rings. The van der Waals surface area contributed by atoms with Crippen molar-refractivity contribution in [2.24, 2.45) is 17.6 Å². The van der Waals surface area contributed by atoms with Crippen LogP contribution in [0, 0.1) is 11.8 Å². The van der Waals surface area contributed by atoms with Crippen molar-refractivity contribution in [1.29, 1.82) is 0 Å². The third-order valence-corrected chi connectivity index (χ3v) is 3.75. The van der Waals surface area contributed by atoms with Gasteiger partial charge in [0.25, 0.3) is 0 Å². The molecule has 0 aromatic rings. The molecule has 0 spiro atoms. The average molecular weight is 265 g/mol. The number of carbonyl (C=O) groups is 1. The maximum atomic E-state index is 12.7. The van der Waals surface area contributed by atoms with E-state index in [0.717, 1.165) is 25.7 Å². The molecule has 2 atom stereocenters. The molecular weight excluding hydrogens is 247 g/mol. The predicted molar refractivity (Wildman–Crippen MR) is 58.6 cm³/mol. The van der Waals surface area contributed by atoms with Crippen LogP contribution in [0.2, 0.25) is 0 Å². The van der Waals surface area contributed by atoms with Crippen LogP contribution >= 0.6 is 0 Å². The molecule has 2 rings (SSSR count). The molecule has 3 nitrogen and oxygen atoms in total. The Morgan fingerprint density at radius 2 is 1.72 bits per heavy atom. The van der Waals surface area contributed by atoms with Gasteiger partial charge in [-0.15, -0.1) is 0 Å². The van der Waals surface area contributed by atoms with Crippen molar-refractivity contribution in [2.45, 2.75) is 56.8 Å². The fraction of sp³-hybridized carbons (Fsp3) is 0.917. The molecule has 2 aliphatic rings. The van der Waals surface area contributed by atoms with Crippen molar-refractivity contribution in [3.8, 4) is 0 Å². The molecule has 0 heterocycles. The summed E-state index contributed by atoms with van der Waals surface area (Å²) >= 11 is 0. The first kappa shape index (κ1) is 13.6. The number of carbonyl (C=O) groups excluding carboxylic acids is 1. The smallest absolute Gasteiger partial charge is 0.404 e. The zero-order valence-corrected chi connectivity index (χ0v) is 10.1. The molecule has 0 radical (unpaired) electrons. The Hall–Kier alpha value is -0.780. The van der Waals surface area contributed by atoms with Crippen molar-refractivity contribution < 1.29 is 22.7 Å². The Kier molecular flexibility index (Phi) is 3.84. The van der Waals surface area contributed by atoms with Gasteiger partial charge in [0.2, 0.25) is 0 Å². The number of hydrogen-bond acceptors (Lipinski definition) is 3. The van der Waals surface area contributed by atoms with Crippen molar-refractivity contribution in [2.75, 3.05) is 0 Å². The Morgan fingerprint density at radius 3 is 2.17 bits per heavy atom. The van der Waals surface area contributed by atoms with Gasteiger partial charge in [-0.25, -0.2) is 0 Å². The lowest BCUT2D eigenvalue weighted by Gasteiger charge is -2.28. The lowest BCUT2D eigenvalue weighted by molar-refractivity contribution is -0.181. The number of alkyl halides is 3. The molecular formula is C12H18F3NO2. The fourth-order valence-electron chi connectivity index (χ4n) is 2.58.